The third-order valence-electron chi connectivity index (χ3n) is 4.03. The van der Waals surface area contributed by atoms with E-state index < -0.39 is 0 Å². The van der Waals surface area contributed by atoms with Gasteiger partial charge in [0.2, 0.25) is 5.91 Å². The van der Waals surface area contributed by atoms with Crippen molar-refractivity contribution in [1.82, 2.24) is 14.8 Å². The van der Waals surface area contributed by atoms with Crippen molar-refractivity contribution in [3.05, 3.63) is 62.8 Å². The second-order valence-corrected chi connectivity index (χ2v) is 8.80. The molecule has 0 aliphatic carbocycles. The monoisotopic (exact) mass is 494 g/mol. The van der Waals surface area contributed by atoms with Gasteiger partial charge in [-0.2, -0.15) is 0 Å². The predicted octanol–water partition coefficient (Wildman–Crippen LogP) is 5.16. The Labute approximate surface area is 187 Å². The van der Waals surface area contributed by atoms with Crippen LogP contribution in [-0.2, 0) is 18.4 Å². The summed E-state index contributed by atoms with van der Waals surface area (Å²) in [6.45, 7) is 4.36. The molecule has 0 fully saturated rings. The third-order valence-corrected chi connectivity index (χ3v) is 5.85. The molecule has 3 rings (SSSR count). The minimum atomic E-state index is -0.171. The number of anilines is 1. The number of rotatable bonds is 7. The van der Waals surface area contributed by atoms with Gasteiger partial charge in [0.15, 0.2) is 11.0 Å². The number of hydrogen-bond donors (Lipinski definition) is 1. The van der Waals surface area contributed by atoms with E-state index in [1.54, 1.807) is 12.1 Å². The van der Waals surface area contributed by atoms with Gasteiger partial charge in [0.05, 0.1) is 16.5 Å². The summed E-state index contributed by atoms with van der Waals surface area (Å²) in [5.41, 5.74) is 2.86. The minimum Gasteiger partial charge on any atom is -0.486 e. The molecular weight excluding hydrogens is 476 g/mol. The van der Waals surface area contributed by atoms with Crippen LogP contribution >= 0.6 is 39.3 Å². The summed E-state index contributed by atoms with van der Waals surface area (Å²) < 4.78 is 8.52. The van der Waals surface area contributed by atoms with Crippen LogP contribution in [0, 0.1) is 13.8 Å². The fourth-order valence-electron chi connectivity index (χ4n) is 2.67. The van der Waals surface area contributed by atoms with Crippen molar-refractivity contribution in [1.29, 1.82) is 0 Å². The van der Waals surface area contributed by atoms with Crippen LogP contribution in [0.3, 0.4) is 0 Å². The van der Waals surface area contributed by atoms with Crippen LogP contribution in [0.15, 0.2) is 46.0 Å². The van der Waals surface area contributed by atoms with Crippen molar-refractivity contribution in [2.45, 2.75) is 25.6 Å². The second kappa shape index (κ2) is 9.65. The first-order valence-electron chi connectivity index (χ1n) is 8.79. The van der Waals surface area contributed by atoms with Gasteiger partial charge in [-0.05, 0) is 55.3 Å². The standard InChI is InChI=1S/C20H20BrClN4O2S/c1-12-6-13(2)8-15(7-12)28-10-18-24-25-20(26(18)3)29-11-19(27)23-17-5-4-14(21)9-16(17)22/h4-9H,10-11H2,1-3H3,(H,23,27). The quantitative estimate of drug-likeness (QED) is 0.459. The number of nitrogens with zero attached hydrogens (tertiary/aromatic N) is 3. The maximum Gasteiger partial charge on any atom is 0.234 e. The van der Waals surface area contributed by atoms with Gasteiger partial charge in [-0.25, -0.2) is 0 Å². The molecule has 0 saturated heterocycles. The lowest BCUT2D eigenvalue weighted by Gasteiger charge is -2.09. The largest absolute Gasteiger partial charge is 0.486 e. The van der Waals surface area contributed by atoms with Gasteiger partial charge < -0.3 is 14.6 Å². The lowest BCUT2D eigenvalue weighted by molar-refractivity contribution is -0.113. The maximum absolute atomic E-state index is 12.2. The molecule has 0 aliphatic heterocycles. The molecular formula is C20H20BrClN4O2S. The molecule has 0 aliphatic rings. The fraction of sp³-hybridized carbons (Fsp3) is 0.250. The van der Waals surface area contributed by atoms with Crippen molar-refractivity contribution in [3.63, 3.8) is 0 Å². The Morgan fingerprint density at radius 2 is 1.93 bits per heavy atom. The molecule has 9 heteroatoms. The number of aromatic nitrogens is 3. The zero-order valence-electron chi connectivity index (χ0n) is 16.2. The third kappa shape index (κ3) is 5.98. The van der Waals surface area contributed by atoms with Crippen LogP contribution in [0.1, 0.15) is 17.0 Å². The van der Waals surface area contributed by atoms with Crippen molar-refractivity contribution in [2.75, 3.05) is 11.1 Å². The van der Waals surface area contributed by atoms with Gasteiger partial charge in [-0.3, -0.25) is 4.79 Å². The SMILES string of the molecule is Cc1cc(C)cc(OCc2nnc(SCC(=O)Nc3ccc(Br)cc3Cl)n2C)c1. The van der Waals surface area contributed by atoms with Gasteiger partial charge in [-0.15, -0.1) is 10.2 Å². The molecule has 29 heavy (non-hydrogen) atoms. The van der Waals surface area contributed by atoms with E-state index in [9.17, 15) is 4.79 Å². The zero-order chi connectivity index (χ0) is 21.0. The Morgan fingerprint density at radius 3 is 2.62 bits per heavy atom. The summed E-state index contributed by atoms with van der Waals surface area (Å²) in [5.74, 6) is 1.50. The molecule has 2 aromatic carbocycles. The van der Waals surface area contributed by atoms with E-state index in [1.807, 2.05) is 43.7 Å². The summed E-state index contributed by atoms with van der Waals surface area (Å²) in [4.78, 5) is 12.2. The number of nitrogens with one attached hydrogen (secondary N) is 1. The summed E-state index contributed by atoms with van der Waals surface area (Å²) in [5, 5.41) is 12.2. The van der Waals surface area contributed by atoms with Gasteiger partial charge in [0, 0.05) is 11.5 Å². The Kier molecular flexibility index (Phi) is 7.21. The van der Waals surface area contributed by atoms with Crippen molar-refractivity contribution < 1.29 is 9.53 Å². The summed E-state index contributed by atoms with van der Waals surface area (Å²) in [6.07, 6.45) is 0. The Balaban J connectivity index is 1.55. The van der Waals surface area contributed by atoms with Crippen LogP contribution in [0.2, 0.25) is 5.02 Å². The van der Waals surface area contributed by atoms with Gasteiger partial charge in [-0.1, -0.05) is 45.4 Å². The van der Waals surface area contributed by atoms with Gasteiger partial charge in [0.25, 0.3) is 0 Å². The topological polar surface area (TPSA) is 69.0 Å². The first-order valence-corrected chi connectivity index (χ1v) is 10.9. The van der Waals surface area contributed by atoms with Gasteiger partial charge in [0.1, 0.15) is 12.4 Å². The van der Waals surface area contributed by atoms with Crippen LogP contribution in [0.5, 0.6) is 5.75 Å². The molecule has 3 aromatic rings. The molecule has 152 valence electrons. The molecule has 0 bridgehead atoms. The van der Waals surface area contributed by atoms with Crippen molar-refractivity contribution in [2.24, 2.45) is 7.05 Å². The highest BCUT2D eigenvalue weighted by Gasteiger charge is 2.13. The highest BCUT2D eigenvalue weighted by Crippen LogP contribution is 2.26. The van der Waals surface area contributed by atoms with Crippen LogP contribution in [0.25, 0.3) is 0 Å². The molecule has 1 amide bonds. The average Bonchev–Trinajstić information content (AvgIpc) is 3.00. The average molecular weight is 496 g/mol. The lowest BCUT2D eigenvalue weighted by Crippen LogP contribution is -2.15. The van der Waals surface area contributed by atoms with E-state index in [4.69, 9.17) is 16.3 Å². The first-order chi connectivity index (χ1) is 13.8. The van der Waals surface area contributed by atoms with E-state index >= 15 is 0 Å². The normalized spacial score (nSPS) is 10.8. The summed E-state index contributed by atoms with van der Waals surface area (Å²) in [7, 11) is 1.85. The van der Waals surface area contributed by atoms with E-state index in [0.29, 0.717) is 28.3 Å². The Morgan fingerprint density at radius 1 is 1.21 bits per heavy atom. The second-order valence-electron chi connectivity index (χ2n) is 6.53. The number of halogens is 2. The van der Waals surface area contributed by atoms with Crippen LogP contribution < -0.4 is 10.1 Å². The number of amides is 1. The molecule has 0 spiro atoms. The first kappa shape index (κ1) is 21.7. The molecule has 6 nitrogen and oxygen atoms in total. The minimum absolute atomic E-state index is 0.171. The van der Waals surface area contributed by atoms with E-state index in [0.717, 1.165) is 21.3 Å². The molecule has 0 saturated carbocycles. The van der Waals surface area contributed by atoms with Crippen molar-refractivity contribution >= 4 is 50.9 Å². The molecule has 1 N–H and O–H groups in total. The highest BCUT2D eigenvalue weighted by molar-refractivity contribution is 9.10. The number of carbonyl (C=O) groups is 1. The predicted molar refractivity (Wildman–Crippen MR) is 120 cm³/mol. The molecule has 0 radical (unpaired) electrons. The molecule has 1 heterocycles. The lowest BCUT2D eigenvalue weighted by atomic mass is 10.1. The summed E-state index contributed by atoms with van der Waals surface area (Å²) >= 11 is 10.8. The highest BCUT2D eigenvalue weighted by atomic mass is 79.9. The molecule has 1 aromatic heterocycles. The molecule has 0 unspecified atom stereocenters. The number of hydrogen-bond acceptors (Lipinski definition) is 5. The maximum atomic E-state index is 12.2. The number of benzene rings is 2. The van der Waals surface area contributed by atoms with E-state index in [-0.39, 0.29) is 11.7 Å². The van der Waals surface area contributed by atoms with E-state index in [2.05, 4.69) is 37.5 Å². The number of carbonyl (C=O) groups excluding carboxylic acids is 1. The smallest absolute Gasteiger partial charge is 0.234 e. The van der Waals surface area contributed by atoms with Crippen LogP contribution in [-0.4, -0.2) is 26.4 Å². The zero-order valence-corrected chi connectivity index (χ0v) is 19.4. The number of ether oxygens (including phenoxy) is 1. The Bertz CT molecular complexity index is 1020. The Hall–Kier alpha value is -2.03. The number of aryl methyl sites for hydroxylation is 2. The van der Waals surface area contributed by atoms with Gasteiger partial charge >= 0.3 is 0 Å². The van der Waals surface area contributed by atoms with Crippen LogP contribution in [0.4, 0.5) is 5.69 Å². The summed E-state index contributed by atoms with van der Waals surface area (Å²) in [6, 6.07) is 11.4. The fourth-order valence-corrected chi connectivity index (χ4v) is 4.12. The number of thioether (sulfide) groups is 1. The molecule has 0 atom stereocenters. The van der Waals surface area contributed by atoms with Crippen molar-refractivity contribution in [3.8, 4) is 5.75 Å². The van der Waals surface area contributed by atoms with E-state index in [1.165, 1.54) is 11.8 Å².